The Morgan fingerprint density at radius 1 is 1.59 bits per heavy atom. The number of nitriles is 1. The monoisotopic (exact) mass is 257 g/mol. The van der Waals surface area contributed by atoms with Crippen molar-refractivity contribution >= 4 is 16.7 Å². The minimum absolute atomic E-state index is 0.0264. The molecule has 7 heteroatoms. The van der Waals surface area contributed by atoms with E-state index in [0.29, 0.717) is 13.0 Å². The van der Waals surface area contributed by atoms with Crippen LogP contribution >= 0.6 is 0 Å². The van der Waals surface area contributed by atoms with E-state index in [2.05, 4.69) is 5.32 Å². The van der Waals surface area contributed by atoms with E-state index in [9.17, 15) is 8.60 Å². The second kappa shape index (κ2) is 6.30. The Kier molecular flexibility index (Phi) is 5.03. The van der Waals surface area contributed by atoms with Crippen LogP contribution in [-0.4, -0.2) is 22.5 Å². The van der Waals surface area contributed by atoms with Gasteiger partial charge >= 0.3 is 0 Å². The molecule has 0 heterocycles. The Bertz CT molecular complexity index is 473. The van der Waals surface area contributed by atoms with E-state index in [0.717, 1.165) is 6.07 Å². The Morgan fingerprint density at radius 2 is 2.29 bits per heavy atom. The molecule has 17 heavy (non-hydrogen) atoms. The van der Waals surface area contributed by atoms with E-state index >= 15 is 0 Å². The molecule has 0 amide bonds. The summed E-state index contributed by atoms with van der Waals surface area (Å²) in [4.78, 5) is 0.0618. The second-order valence-corrected chi connectivity index (χ2v) is 4.31. The normalized spacial score (nSPS) is 11.9. The largest absolute Gasteiger partial charge is 0.396 e. The molecule has 1 aromatic carbocycles. The Labute approximate surface area is 101 Å². The maximum Gasteiger partial charge on any atom is 0.148 e. The second-order valence-electron chi connectivity index (χ2n) is 3.24. The number of rotatable bonds is 5. The van der Waals surface area contributed by atoms with E-state index in [1.807, 2.05) is 0 Å². The lowest BCUT2D eigenvalue weighted by Gasteiger charge is -2.09. The molecule has 0 radical (unpaired) electrons. The van der Waals surface area contributed by atoms with Crippen molar-refractivity contribution in [1.82, 2.24) is 0 Å². The summed E-state index contributed by atoms with van der Waals surface area (Å²) in [6.45, 7) is 0.314. The molecule has 4 N–H and O–H groups in total. The van der Waals surface area contributed by atoms with Crippen molar-refractivity contribution in [2.45, 2.75) is 11.3 Å². The van der Waals surface area contributed by atoms with Crippen molar-refractivity contribution in [3.63, 3.8) is 0 Å². The van der Waals surface area contributed by atoms with Crippen LogP contribution in [0.1, 0.15) is 12.0 Å². The minimum atomic E-state index is -1.83. The van der Waals surface area contributed by atoms with Gasteiger partial charge < -0.3 is 10.4 Å². The molecule has 0 aromatic heterocycles. The van der Waals surface area contributed by atoms with Gasteiger partial charge in [0.25, 0.3) is 0 Å². The highest BCUT2D eigenvalue weighted by atomic mass is 32.2. The number of benzene rings is 1. The molecule has 1 unspecified atom stereocenters. The van der Waals surface area contributed by atoms with Crippen molar-refractivity contribution in [3.05, 3.63) is 23.5 Å². The molecule has 0 aliphatic heterocycles. The van der Waals surface area contributed by atoms with E-state index in [4.69, 9.17) is 15.5 Å². The number of hydrogen-bond acceptors (Lipinski definition) is 4. The van der Waals surface area contributed by atoms with Crippen LogP contribution in [-0.2, 0) is 11.0 Å². The van der Waals surface area contributed by atoms with Crippen LogP contribution in [0.15, 0.2) is 17.0 Å². The molecule has 92 valence electrons. The molecule has 5 nitrogen and oxygen atoms in total. The summed E-state index contributed by atoms with van der Waals surface area (Å²) in [6.07, 6.45) is 0.439. The fourth-order valence-corrected chi connectivity index (χ4v) is 1.71. The molecule has 0 bridgehead atoms. The summed E-state index contributed by atoms with van der Waals surface area (Å²) in [5.41, 5.74) is 0.0758. The molecule has 1 rings (SSSR count). The fourth-order valence-electron chi connectivity index (χ4n) is 1.26. The van der Waals surface area contributed by atoms with Crippen molar-refractivity contribution < 1.29 is 13.7 Å². The quantitative estimate of drug-likeness (QED) is 0.668. The first-order valence-electron chi connectivity index (χ1n) is 4.84. The average Bonchev–Trinajstić information content (AvgIpc) is 2.30. The van der Waals surface area contributed by atoms with Crippen LogP contribution in [0.2, 0.25) is 0 Å². The Morgan fingerprint density at radius 3 is 2.82 bits per heavy atom. The molecule has 0 fully saturated rings. The predicted molar refractivity (Wildman–Crippen MR) is 61.9 cm³/mol. The molecular formula is C10H12FN3O2S. The van der Waals surface area contributed by atoms with E-state index < -0.39 is 16.8 Å². The number of anilines is 1. The Hall–Kier alpha value is -1.49. The van der Waals surface area contributed by atoms with E-state index in [1.54, 1.807) is 6.07 Å². The number of nitrogens with zero attached hydrogens (tertiary/aromatic N) is 1. The number of nitrogens with one attached hydrogen (secondary N) is 1. The highest BCUT2D eigenvalue weighted by Gasteiger charge is 2.12. The van der Waals surface area contributed by atoms with Crippen LogP contribution in [0.3, 0.4) is 0 Å². The summed E-state index contributed by atoms with van der Waals surface area (Å²) in [5, 5.41) is 25.3. The van der Waals surface area contributed by atoms with Gasteiger partial charge in [0, 0.05) is 13.2 Å². The molecule has 1 aromatic rings. The highest BCUT2D eigenvalue weighted by Crippen LogP contribution is 2.22. The van der Waals surface area contributed by atoms with Crippen molar-refractivity contribution in [1.29, 1.82) is 5.26 Å². The SMILES string of the molecule is N#Cc1cc(S(N)=O)cc(F)c1NCCCO. The molecule has 0 aliphatic rings. The maximum atomic E-state index is 13.6. The first kappa shape index (κ1) is 13.6. The van der Waals surface area contributed by atoms with Crippen molar-refractivity contribution in [3.8, 4) is 6.07 Å². The van der Waals surface area contributed by atoms with Crippen LogP contribution in [0, 0.1) is 17.1 Å². The molecule has 0 spiro atoms. The zero-order valence-electron chi connectivity index (χ0n) is 8.94. The van der Waals surface area contributed by atoms with Gasteiger partial charge in [-0.2, -0.15) is 5.26 Å². The smallest absolute Gasteiger partial charge is 0.148 e. The zero-order chi connectivity index (χ0) is 12.8. The number of hydrogen-bond donors (Lipinski definition) is 3. The third-order valence-corrected chi connectivity index (χ3v) is 2.75. The summed E-state index contributed by atoms with van der Waals surface area (Å²) >= 11 is 0. The van der Waals surface area contributed by atoms with E-state index in [-0.39, 0.29) is 22.8 Å². The zero-order valence-corrected chi connectivity index (χ0v) is 9.76. The van der Waals surface area contributed by atoms with Crippen LogP contribution < -0.4 is 10.5 Å². The fraction of sp³-hybridized carbons (Fsp3) is 0.300. The summed E-state index contributed by atoms with van der Waals surface area (Å²) < 4.78 is 24.6. The molecule has 0 aliphatic carbocycles. The first-order chi connectivity index (χ1) is 8.10. The lowest BCUT2D eigenvalue weighted by molar-refractivity contribution is 0.292. The first-order valence-corrected chi connectivity index (χ1v) is 6.06. The van der Waals surface area contributed by atoms with Crippen LogP contribution in [0.25, 0.3) is 0 Å². The highest BCUT2D eigenvalue weighted by molar-refractivity contribution is 7.82. The van der Waals surface area contributed by atoms with Gasteiger partial charge in [-0.15, -0.1) is 0 Å². The standard InChI is InChI=1S/C10H12FN3O2S/c11-9-5-8(17(13)16)4-7(6-12)10(9)14-2-1-3-15/h4-5,14-15H,1-3,13H2. The average molecular weight is 257 g/mol. The van der Waals surface area contributed by atoms with Crippen LogP contribution in [0.5, 0.6) is 0 Å². The third-order valence-electron chi connectivity index (χ3n) is 2.05. The number of aliphatic hydroxyl groups excluding tert-OH is 1. The van der Waals surface area contributed by atoms with Gasteiger partial charge in [-0.1, -0.05) is 0 Å². The van der Waals surface area contributed by atoms with Gasteiger partial charge in [-0.25, -0.2) is 13.7 Å². The van der Waals surface area contributed by atoms with Gasteiger partial charge in [-0.3, -0.25) is 0 Å². The van der Waals surface area contributed by atoms with Crippen LogP contribution in [0.4, 0.5) is 10.1 Å². The third kappa shape index (κ3) is 3.49. The number of aliphatic hydroxyl groups is 1. The Balaban J connectivity index is 3.05. The van der Waals surface area contributed by atoms with Gasteiger partial charge in [0.1, 0.15) is 22.9 Å². The topological polar surface area (TPSA) is 99.1 Å². The summed E-state index contributed by atoms with van der Waals surface area (Å²) in [7, 11) is -1.83. The minimum Gasteiger partial charge on any atom is -0.396 e. The lowest BCUT2D eigenvalue weighted by atomic mass is 10.2. The predicted octanol–water partition coefficient (Wildman–Crippen LogP) is 0.473. The molecule has 1 atom stereocenters. The molecular weight excluding hydrogens is 245 g/mol. The molecule has 0 saturated heterocycles. The van der Waals surface area contributed by atoms with Gasteiger partial charge in [0.2, 0.25) is 0 Å². The number of halogens is 1. The number of nitrogens with two attached hydrogens (primary N) is 1. The van der Waals surface area contributed by atoms with Gasteiger partial charge in [0.05, 0.1) is 16.1 Å². The lowest BCUT2D eigenvalue weighted by Crippen LogP contribution is -2.09. The van der Waals surface area contributed by atoms with Gasteiger partial charge in [0.15, 0.2) is 0 Å². The maximum absolute atomic E-state index is 13.6. The molecule has 0 saturated carbocycles. The van der Waals surface area contributed by atoms with Gasteiger partial charge in [-0.05, 0) is 18.6 Å². The summed E-state index contributed by atoms with van der Waals surface area (Å²) in [5.74, 6) is -0.684. The van der Waals surface area contributed by atoms with Crippen molar-refractivity contribution in [2.24, 2.45) is 5.14 Å². The summed E-state index contributed by atoms with van der Waals surface area (Å²) in [6, 6.07) is 4.11. The van der Waals surface area contributed by atoms with E-state index in [1.165, 1.54) is 6.07 Å². The van der Waals surface area contributed by atoms with Crippen molar-refractivity contribution in [2.75, 3.05) is 18.5 Å².